The summed E-state index contributed by atoms with van der Waals surface area (Å²) < 4.78 is 5.27. The zero-order valence-corrected chi connectivity index (χ0v) is 17.8. The van der Waals surface area contributed by atoms with E-state index < -0.39 is 24.5 Å². The van der Waals surface area contributed by atoms with Crippen molar-refractivity contribution in [2.24, 2.45) is 0 Å². The summed E-state index contributed by atoms with van der Waals surface area (Å²) in [5.41, 5.74) is 3.86. The van der Waals surface area contributed by atoms with Crippen LogP contribution in [0.25, 0.3) is 22.6 Å². The number of aromatic nitrogens is 1. The van der Waals surface area contributed by atoms with Gasteiger partial charge in [0.2, 0.25) is 0 Å². The highest BCUT2D eigenvalue weighted by Crippen LogP contribution is 2.36. The maximum Gasteiger partial charge on any atom is 0.339 e. The minimum atomic E-state index is -0.696. The van der Waals surface area contributed by atoms with Gasteiger partial charge in [0.1, 0.15) is 0 Å². The Bertz CT molecular complexity index is 1190. The number of hydrogen-bond donors (Lipinski definition) is 2. The maximum atomic E-state index is 13.1. The number of imide groups is 1. The van der Waals surface area contributed by atoms with Gasteiger partial charge in [-0.15, -0.1) is 11.3 Å². The van der Waals surface area contributed by atoms with Crippen molar-refractivity contribution < 1.29 is 19.1 Å². The van der Waals surface area contributed by atoms with E-state index in [1.54, 1.807) is 11.3 Å². The number of hydrogen-bond acceptors (Lipinski definition) is 6. The number of fused-ring (bicyclic) bond motifs is 2. The number of nitrogens with one attached hydrogen (secondary N) is 2. The molecule has 158 valence electrons. The van der Waals surface area contributed by atoms with Crippen LogP contribution in [0.1, 0.15) is 39.3 Å². The lowest BCUT2D eigenvalue weighted by molar-refractivity contribution is -0.123. The SMILES string of the molecule is CNC(=O)NC(=O)COC(=O)c1c2c(nc3ccccc13)C(=Cc1cccs1)CCC2. The van der Waals surface area contributed by atoms with Crippen LogP contribution in [0.4, 0.5) is 4.79 Å². The summed E-state index contributed by atoms with van der Waals surface area (Å²) in [6.45, 7) is -0.546. The van der Waals surface area contributed by atoms with E-state index in [4.69, 9.17) is 9.72 Å². The highest BCUT2D eigenvalue weighted by atomic mass is 32.1. The molecular weight excluding hydrogens is 414 g/mol. The van der Waals surface area contributed by atoms with E-state index in [1.807, 2.05) is 41.8 Å². The van der Waals surface area contributed by atoms with Gasteiger partial charge in [-0.1, -0.05) is 24.3 Å². The third kappa shape index (κ3) is 4.49. The lowest BCUT2D eigenvalue weighted by Gasteiger charge is -2.22. The fourth-order valence-electron chi connectivity index (χ4n) is 3.68. The van der Waals surface area contributed by atoms with Gasteiger partial charge in [-0.3, -0.25) is 10.1 Å². The average molecular weight is 436 g/mol. The number of nitrogens with zero attached hydrogens (tertiary/aromatic N) is 1. The highest BCUT2D eigenvalue weighted by Gasteiger charge is 2.26. The number of pyridine rings is 1. The summed E-state index contributed by atoms with van der Waals surface area (Å²) in [7, 11) is 1.39. The van der Waals surface area contributed by atoms with Gasteiger partial charge in [0.15, 0.2) is 6.61 Å². The standard InChI is InChI=1S/C23H21N3O4S/c1-24-23(29)26-19(27)13-30-22(28)20-16-8-2-3-10-18(16)25-21-14(6-4-9-17(20)21)12-15-7-5-11-31-15/h2-3,5,7-8,10-12H,4,6,9,13H2,1H3,(H2,24,26,27,29). The molecule has 8 heteroatoms. The molecule has 0 bridgehead atoms. The van der Waals surface area contributed by atoms with Gasteiger partial charge < -0.3 is 10.1 Å². The molecule has 3 aromatic rings. The van der Waals surface area contributed by atoms with Crippen LogP contribution < -0.4 is 10.6 Å². The molecule has 0 spiro atoms. The maximum absolute atomic E-state index is 13.1. The summed E-state index contributed by atoms with van der Waals surface area (Å²) >= 11 is 1.65. The quantitative estimate of drug-likeness (QED) is 0.608. The van der Waals surface area contributed by atoms with Crippen LogP contribution in [0.3, 0.4) is 0 Å². The number of rotatable bonds is 4. The number of amides is 3. The van der Waals surface area contributed by atoms with Crippen LogP contribution >= 0.6 is 11.3 Å². The number of ether oxygens (including phenoxy) is 1. The van der Waals surface area contributed by atoms with Gasteiger partial charge in [0.05, 0.1) is 16.8 Å². The molecule has 0 saturated carbocycles. The van der Waals surface area contributed by atoms with Crippen molar-refractivity contribution >= 4 is 51.8 Å². The third-order valence-electron chi connectivity index (χ3n) is 5.05. The van der Waals surface area contributed by atoms with Gasteiger partial charge in [-0.2, -0.15) is 0 Å². The monoisotopic (exact) mass is 435 g/mol. The van der Waals surface area contributed by atoms with Crippen molar-refractivity contribution in [1.29, 1.82) is 0 Å². The molecule has 0 aliphatic heterocycles. The average Bonchev–Trinajstić information content (AvgIpc) is 3.29. The minimum absolute atomic E-state index is 0.435. The molecule has 1 aromatic carbocycles. The first-order valence-corrected chi connectivity index (χ1v) is 10.8. The predicted octanol–water partition coefficient (Wildman–Crippen LogP) is 3.79. The number of benzene rings is 1. The molecule has 0 atom stereocenters. The molecule has 31 heavy (non-hydrogen) atoms. The number of urea groups is 1. The molecule has 7 nitrogen and oxygen atoms in total. The van der Waals surface area contributed by atoms with Gasteiger partial charge >= 0.3 is 12.0 Å². The first-order valence-electron chi connectivity index (χ1n) is 9.91. The van der Waals surface area contributed by atoms with E-state index in [0.29, 0.717) is 22.9 Å². The number of thiophene rings is 1. The van der Waals surface area contributed by atoms with E-state index in [0.717, 1.165) is 34.5 Å². The van der Waals surface area contributed by atoms with E-state index in [9.17, 15) is 14.4 Å². The summed E-state index contributed by atoms with van der Waals surface area (Å²) in [6, 6.07) is 10.8. The van der Waals surface area contributed by atoms with Gasteiger partial charge in [-0.05, 0) is 54.0 Å². The molecular formula is C23H21N3O4S. The van der Waals surface area contributed by atoms with E-state index in [-0.39, 0.29) is 0 Å². The fraction of sp³-hybridized carbons (Fsp3) is 0.217. The van der Waals surface area contributed by atoms with E-state index in [1.165, 1.54) is 7.05 Å². The number of esters is 1. The number of para-hydroxylation sites is 1. The fourth-order valence-corrected chi connectivity index (χ4v) is 4.36. The molecule has 0 saturated heterocycles. The Kier molecular flexibility index (Phi) is 6.08. The van der Waals surface area contributed by atoms with Crippen molar-refractivity contribution in [3.05, 3.63) is 63.5 Å². The van der Waals surface area contributed by atoms with Crippen molar-refractivity contribution in [3.63, 3.8) is 0 Å². The Balaban J connectivity index is 1.72. The van der Waals surface area contributed by atoms with Crippen LogP contribution in [0.15, 0.2) is 41.8 Å². The molecule has 1 aliphatic rings. The largest absolute Gasteiger partial charge is 0.452 e. The second-order valence-electron chi connectivity index (χ2n) is 7.07. The van der Waals surface area contributed by atoms with Crippen LogP contribution in [0, 0.1) is 0 Å². The Morgan fingerprint density at radius 2 is 2.00 bits per heavy atom. The molecule has 0 fully saturated rings. The third-order valence-corrected chi connectivity index (χ3v) is 5.87. The Labute approximate surface area is 183 Å². The smallest absolute Gasteiger partial charge is 0.339 e. The van der Waals surface area contributed by atoms with E-state index >= 15 is 0 Å². The van der Waals surface area contributed by atoms with Crippen molar-refractivity contribution in [2.75, 3.05) is 13.7 Å². The molecule has 0 radical (unpaired) electrons. The van der Waals surface area contributed by atoms with Crippen LogP contribution in [0.5, 0.6) is 0 Å². The van der Waals surface area contributed by atoms with Crippen molar-refractivity contribution in [1.82, 2.24) is 15.6 Å². The molecule has 2 heterocycles. The van der Waals surface area contributed by atoms with Gasteiger partial charge in [0, 0.05) is 17.3 Å². The second-order valence-corrected chi connectivity index (χ2v) is 8.05. The predicted molar refractivity (Wildman–Crippen MR) is 120 cm³/mol. The van der Waals surface area contributed by atoms with Crippen LogP contribution in [-0.2, 0) is 16.0 Å². The molecule has 2 N–H and O–H groups in total. The minimum Gasteiger partial charge on any atom is -0.452 e. The molecule has 4 rings (SSSR count). The van der Waals surface area contributed by atoms with Crippen molar-refractivity contribution in [2.45, 2.75) is 19.3 Å². The number of carbonyl (C=O) groups is 3. The Morgan fingerprint density at radius 3 is 2.77 bits per heavy atom. The number of allylic oxidation sites excluding steroid dienone is 1. The first-order chi connectivity index (χ1) is 15.1. The first kappa shape index (κ1) is 20.7. The topological polar surface area (TPSA) is 97.4 Å². The molecule has 2 aromatic heterocycles. The molecule has 3 amide bonds. The zero-order valence-electron chi connectivity index (χ0n) is 16.9. The van der Waals surface area contributed by atoms with Gasteiger partial charge in [-0.25, -0.2) is 14.6 Å². The van der Waals surface area contributed by atoms with Gasteiger partial charge in [0.25, 0.3) is 5.91 Å². The van der Waals surface area contributed by atoms with Crippen LogP contribution in [0.2, 0.25) is 0 Å². The molecule has 1 aliphatic carbocycles. The lowest BCUT2D eigenvalue weighted by atomic mass is 9.86. The summed E-state index contributed by atoms with van der Waals surface area (Å²) in [6.07, 6.45) is 4.58. The second kappa shape index (κ2) is 9.09. The van der Waals surface area contributed by atoms with E-state index in [2.05, 4.69) is 16.7 Å². The van der Waals surface area contributed by atoms with Crippen molar-refractivity contribution in [3.8, 4) is 0 Å². The zero-order chi connectivity index (χ0) is 21.8. The summed E-state index contributed by atoms with van der Waals surface area (Å²) in [5.74, 6) is -1.29. The Hall–Kier alpha value is -3.52. The summed E-state index contributed by atoms with van der Waals surface area (Å²) in [5, 5.41) is 7.07. The van der Waals surface area contributed by atoms with Crippen LogP contribution in [-0.4, -0.2) is 36.5 Å². The number of carbonyl (C=O) groups excluding carboxylic acids is 3. The molecule has 0 unspecified atom stereocenters. The lowest BCUT2D eigenvalue weighted by Crippen LogP contribution is -2.39. The Morgan fingerprint density at radius 1 is 1.16 bits per heavy atom. The normalized spacial score (nSPS) is 14.2. The summed E-state index contributed by atoms with van der Waals surface area (Å²) in [4.78, 5) is 42.2. The highest BCUT2D eigenvalue weighted by molar-refractivity contribution is 7.10.